The van der Waals surface area contributed by atoms with E-state index >= 15 is 0 Å². The summed E-state index contributed by atoms with van der Waals surface area (Å²) in [4.78, 5) is 15.4. The third-order valence-electron chi connectivity index (χ3n) is 2.91. The summed E-state index contributed by atoms with van der Waals surface area (Å²) >= 11 is 0. The maximum atomic E-state index is 12.9. The van der Waals surface area contributed by atoms with Gasteiger partial charge in [-0.25, -0.2) is 4.39 Å². The highest BCUT2D eigenvalue weighted by atomic mass is 19.1. The number of pyridine rings is 1. The Morgan fingerprint density at radius 3 is 2.75 bits per heavy atom. The molecule has 0 bridgehead atoms. The highest BCUT2D eigenvalue weighted by Gasteiger charge is 2.16. The van der Waals surface area contributed by atoms with Crippen LogP contribution in [0.4, 0.5) is 4.39 Å². The minimum atomic E-state index is -0.476. The van der Waals surface area contributed by atoms with Gasteiger partial charge in [0, 0.05) is 12.2 Å². The smallest absolute Gasteiger partial charge is 0.253 e. The van der Waals surface area contributed by atoms with E-state index in [1.807, 2.05) is 0 Å². The van der Waals surface area contributed by atoms with E-state index in [-0.39, 0.29) is 11.9 Å². The Kier molecular flexibility index (Phi) is 3.49. The van der Waals surface area contributed by atoms with Crippen molar-refractivity contribution in [3.63, 3.8) is 0 Å². The minimum Gasteiger partial charge on any atom is -0.349 e. The quantitative estimate of drug-likeness (QED) is 0.834. The Balaban J connectivity index is 1.97. The summed E-state index contributed by atoms with van der Waals surface area (Å²) in [5, 5.41) is 2.92. The van der Waals surface area contributed by atoms with Crippen LogP contribution in [-0.4, -0.2) is 16.9 Å². The van der Waals surface area contributed by atoms with Gasteiger partial charge in [-0.1, -0.05) is 19.3 Å². The number of hydrogen-bond acceptors (Lipinski definition) is 2. The first kappa shape index (κ1) is 11.0. The molecule has 0 spiro atoms. The number of rotatable bonds is 2. The van der Waals surface area contributed by atoms with Gasteiger partial charge in [0.15, 0.2) is 0 Å². The molecule has 1 aliphatic rings. The summed E-state index contributed by atoms with van der Waals surface area (Å²) in [6, 6.07) is 1.45. The second kappa shape index (κ2) is 5.05. The van der Waals surface area contributed by atoms with Crippen LogP contribution in [0.15, 0.2) is 18.5 Å². The van der Waals surface area contributed by atoms with Crippen LogP contribution in [0.1, 0.15) is 42.5 Å². The van der Waals surface area contributed by atoms with Gasteiger partial charge in [0.2, 0.25) is 0 Å². The molecule has 1 aliphatic carbocycles. The van der Waals surface area contributed by atoms with Crippen molar-refractivity contribution in [2.75, 3.05) is 0 Å². The SMILES string of the molecule is O=C(NC1CCCCC1)c1cncc(F)c1. The molecule has 16 heavy (non-hydrogen) atoms. The fourth-order valence-corrected chi connectivity index (χ4v) is 2.05. The molecule has 1 amide bonds. The van der Waals surface area contributed by atoms with Crippen molar-refractivity contribution in [1.82, 2.24) is 10.3 Å². The lowest BCUT2D eigenvalue weighted by atomic mass is 9.95. The van der Waals surface area contributed by atoms with E-state index < -0.39 is 5.82 Å². The van der Waals surface area contributed by atoms with Crippen molar-refractivity contribution in [2.45, 2.75) is 38.1 Å². The molecule has 1 aromatic rings. The zero-order valence-electron chi connectivity index (χ0n) is 9.08. The largest absolute Gasteiger partial charge is 0.349 e. The maximum Gasteiger partial charge on any atom is 0.253 e. The first-order chi connectivity index (χ1) is 7.75. The van der Waals surface area contributed by atoms with Crippen molar-refractivity contribution in [3.05, 3.63) is 29.8 Å². The van der Waals surface area contributed by atoms with E-state index in [0.29, 0.717) is 5.56 Å². The summed E-state index contributed by atoms with van der Waals surface area (Å²) in [6.45, 7) is 0. The lowest BCUT2D eigenvalue weighted by Gasteiger charge is -2.22. The van der Waals surface area contributed by atoms with Crippen molar-refractivity contribution in [3.8, 4) is 0 Å². The molecule has 1 N–H and O–H groups in total. The molecule has 1 saturated carbocycles. The van der Waals surface area contributed by atoms with Crippen LogP contribution in [0.25, 0.3) is 0 Å². The van der Waals surface area contributed by atoms with Crippen molar-refractivity contribution in [1.29, 1.82) is 0 Å². The average Bonchev–Trinajstić information content (AvgIpc) is 2.30. The lowest BCUT2D eigenvalue weighted by molar-refractivity contribution is 0.0927. The lowest BCUT2D eigenvalue weighted by Crippen LogP contribution is -2.36. The van der Waals surface area contributed by atoms with Crippen LogP contribution < -0.4 is 5.32 Å². The normalized spacial score (nSPS) is 17.1. The summed E-state index contributed by atoms with van der Waals surface area (Å²) in [5.41, 5.74) is 0.297. The predicted molar refractivity (Wildman–Crippen MR) is 58.5 cm³/mol. The fraction of sp³-hybridized carbons (Fsp3) is 0.500. The molecule has 0 atom stereocenters. The maximum absolute atomic E-state index is 12.9. The highest BCUT2D eigenvalue weighted by molar-refractivity contribution is 5.94. The van der Waals surface area contributed by atoms with E-state index in [1.165, 1.54) is 18.7 Å². The van der Waals surface area contributed by atoms with Crippen molar-refractivity contribution < 1.29 is 9.18 Å². The topological polar surface area (TPSA) is 42.0 Å². The Hall–Kier alpha value is -1.45. The monoisotopic (exact) mass is 222 g/mol. The van der Waals surface area contributed by atoms with Gasteiger partial charge in [0.05, 0.1) is 11.8 Å². The van der Waals surface area contributed by atoms with Gasteiger partial charge in [-0.15, -0.1) is 0 Å². The molecule has 0 unspecified atom stereocenters. The van der Waals surface area contributed by atoms with Crippen LogP contribution in [0, 0.1) is 5.82 Å². The predicted octanol–water partition coefficient (Wildman–Crippen LogP) is 2.28. The molecule has 1 fully saturated rings. The van der Waals surface area contributed by atoms with Gasteiger partial charge in [0.25, 0.3) is 5.91 Å². The van der Waals surface area contributed by atoms with Gasteiger partial charge < -0.3 is 5.32 Å². The zero-order chi connectivity index (χ0) is 11.4. The molecule has 4 heteroatoms. The molecule has 3 nitrogen and oxygen atoms in total. The van der Waals surface area contributed by atoms with Crippen LogP contribution >= 0.6 is 0 Å². The van der Waals surface area contributed by atoms with E-state index in [1.54, 1.807) is 0 Å². The average molecular weight is 222 g/mol. The number of carbonyl (C=O) groups is 1. The molecule has 0 aromatic carbocycles. The Labute approximate surface area is 94.1 Å². The molecule has 0 saturated heterocycles. The van der Waals surface area contributed by atoms with Gasteiger partial charge in [-0.05, 0) is 18.9 Å². The summed E-state index contributed by atoms with van der Waals surface area (Å²) in [7, 11) is 0. The van der Waals surface area contributed by atoms with Gasteiger partial charge in [-0.3, -0.25) is 9.78 Å². The van der Waals surface area contributed by atoms with Crippen LogP contribution in [0.5, 0.6) is 0 Å². The second-order valence-corrected chi connectivity index (χ2v) is 4.20. The van der Waals surface area contributed by atoms with E-state index in [4.69, 9.17) is 0 Å². The number of aromatic nitrogens is 1. The Morgan fingerprint density at radius 2 is 2.06 bits per heavy atom. The Morgan fingerprint density at radius 1 is 1.31 bits per heavy atom. The van der Waals surface area contributed by atoms with Gasteiger partial charge in [-0.2, -0.15) is 0 Å². The second-order valence-electron chi connectivity index (χ2n) is 4.20. The summed E-state index contributed by atoms with van der Waals surface area (Å²) in [5.74, 6) is -0.699. The first-order valence-electron chi connectivity index (χ1n) is 5.67. The third-order valence-corrected chi connectivity index (χ3v) is 2.91. The minimum absolute atomic E-state index is 0.223. The van der Waals surface area contributed by atoms with Crippen LogP contribution in [-0.2, 0) is 0 Å². The zero-order valence-corrected chi connectivity index (χ0v) is 9.08. The number of halogens is 1. The molecular formula is C12H15FN2O. The van der Waals surface area contributed by atoms with Gasteiger partial charge >= 0.3 is 0 Å². The van der Waals surface area contributed by atoms with E-state index in [0.717, 1.165) is 31.9 Å². The van der Waals surface area contributed by atoms with Crippen LogP contribution in [0.2, 0.25) is 0 Å². The number of nitrogens with one attached hydrogen (secondary N) is 1. The third kappa shape index (κ3) is 2.78. The van der Waals surface area contributed by atoms with E-state index in [2.05, 4.69) is 10.3 Å². The molecule has 0 aliphatic heterocycles. The first-order valence-corrected chi connectivity index (χ1v) is 5.67. The fourth-order valence-electron chi connectivity index (χ4n) is 2.05. The summed E-state index contributed by atoms with van der Waals surface area (Å²) < 4.78 is 12.9. The number of hydrogen-bond donors (Lipinski definition) is 1. The van der Waals surface area contributed by atoms with Crippen molar-refractivity contribution in [2.24, 2.45) is 0 Å². The Bertz CT molecular complexity index is 375. The molecule has 1 aromatic heterocycles. The number of nitrogens with zero attached hydrogens (tertiary/aromatic N) is 1. The number of amides is 1. The standard InChI is InChI=1S/C12H15FN2O/c13-10-6-9(7-14-8-10)12(16)15-11-4-2-1-3-5-11/h6-8,11H,1-5H2,(H,15,16). The molecule has 1 heterocycles. The molecule has 2 rings (SSSR count). The van der Waals surface area contributed by atoms with Crippen LogP contribution in [0.3, 0.4) is 0 Å². The molecular weight excluding hydrogens is 207 g/mol. The van der Waals surface area contributed by atoms with Crippen molar-refractivity contribution >= 4 is 5.91 Å². The molecule has 86 valence electrons. The van der Waals surface area contributed by atoms with E-state index in [9.17, 15) is 9.18 Å². The number of carbonyl (C=O) groups excluding carboxylic acids is 1. The molecule has 0 radical (unpaired) electrons. The van der Waals surface area contributed by atoms with Gasteiger partial charge in [0.1, 0.15) is 5.82 Å². The highest BCUT2D eigenvalue weighted by Crippen LogP contribution is 2.17. The summed E-state index contributed by atoms with van der Waals surface area (Å²) in [6.07, 6.45) is 8.09.